The van der Waals surface area contributed by atoms with E-state index in [1.165, 1.54) is 0 Å². The summed E-state index contributed by atoms with van der Waals surface area (Å²) in [6.45, 7) is 3.24. The quantitative estimate of drug-likeness (QED) is 0.715. The Balaban J connectivity index is 1.56. The molecule has 1 aliphatic heterocycles. The third-order valence-electron chi connectivity index (χ3n) is 4.87. The molecule has 0 radical (unpaired) electrons. The minimum absolute atomic E-state index is 0.0516. The molecule has 4 rings (SSSR count). The van der Waals surface area contributed by atoms with Crippen LogP contribution in [0.5, 0.6) is 0 Å². The summed E-state index contributed by atoms with van der Waals surface area (Å²) in [4.78, 5) is 30.7. The zero-order valence-electron chi connectivity index (χ0n) is 16.3. The minimum Gasteiger partial charge on any atom is -0.361 e. The van der Waals surface area contributed by atoms with Crippen LogP contribution in [-0.2, 0) is 11.3 Å². The second-order valence-corrected chi connectivity index (χ2v) is 8.17. The summed E-state index contributed by atoms with van der Waals surface area (Å²) in [5.41, 5.74) is 1.80. The fraction of sp³-hybridized carbons (Fsp3) is 0.400. The van der Waals surface area contributed by atoms with Crippen molar-refractivity contribution in [2.24, 2.45) is 0 Å². The molecule has 1 N–H and O–H groups in total. The van der Waals surface area contributed by atoms with Gasteiger partial charge in [-0.05, 0) is 25.3 Å². The summed E-state index contributed by atoms with van der Waals surface area (Å²) in [6.07, 6.45) is 1.81. The molecule has 2 aromatic heterocycles. The van der Waals surface area contributed by atoms with Crippen LogP contribution >= 0.6 is 11.3 Å². The molecule has 1 unspecified atom stereocenters. The molecule has 1 saturated heterocycles. The Morgan fingerprint density at radius 2 is 2.04 bits per heavy atom. The number of fused-ring (bicyclic) bond motifs is 1. The van der Waals surface area contributed by atoms with Crippen LogP contribution in [-0.4, -0.2) is 47.5 Å². The van der Waals surface area contributed by atoms with E-state index in [1.807, 2.05) is 56.3 Å². The average molecular weight is 397 g/mol. The standard InChI is InChI=1S/C20H24N6OS/c1-13-22-17-16(18(23-13)25(2)3)28-20(24-17)26-11-7-10-15(26)19(27)21-12-14-8-5-4-6-9-14/h4-6,8-9,15H,7,10-12H2,1-3H3,(H,21,27). The van der Waals surface area contributed by atoms with Crippen molar-refractivity contribution in [3.05, 3.63) is 41.7 Å². The summed E-state index contributed by atoms with van der Waals surface area (Å²) in [5.74, 6) is 1.62. The SMILES string of the molecule is Cc1nc(N(C)C)c2sc(N3CCCC3C(=O)NCc3ccccc3)nc2n1. The van der Waals surface area contributed by atoms with Crippen LogP contribution in [0.15, 0.2) is 30.3 Å². The van der Waals surface area contributed by atoms with Crippen molar-refractivity contribution in [3.8, 4) is 0 Å². The lowest BCUT2D eigenvalue weighted by Crippen LogP contribution is -2.43. The Kier molecular flexibility index (Phi) is 5.13. The molecule has 7 nitrogen and oxygen atoms in total. The first-order valence-corrected chi connectivity index (χ1v) is 10.3. The minimum atomic E-state index is -0.193. The van der Waals surface area contributed by atoms with Gasteiger partial charge < -0.3 is 15.1 Å². The maximum absolute atomic E-state index is 12.8. The van der Waals surface area contributed by atoms with Crippen molar-refractivity contribution in [1.82, 2.24) is 20.3 Å². The number of amides is 1. The Hall–Kier alpha value is -2.74. The van der Waals surface area contributed by atoms with Gasteiger partial charge in [-0.25, -0.2) is 9.97 Å². The van der Waals surface area contributed by atoms with Crippen LogP contribution in [0.1, 0.15) is 24.2 Å². The third-order valence-corrected chi connectivity index (χ3v) is 5.95. The molecule has 1 amide bonds. The van der Waals surface area contributed by atoms with E-state index in [9.17, 15) is 4.79 Å². The fourth-order valence-electron chi connectivity index (χ4n) is 3.50. The van der Waals surface area contributed by atoms with Crippen molar-refractivity contribution in [2.75, 3.05) is 30.4 Å². The Labute approximate surface area is 168 Å². The van der Waals surface area contributed by atoms with Gasteiger partial charge in [-0.3, -0.25) is 4.79 Å². The number of carbonyl (C=O) groups is 1. The molecule has 1 aliphatic rings. The molecule has 146 valence electrons. The number of carbonyl (C=O) groups excluding carboxylic acids is 1. The first kappa shape index (κ1) is 18.6. The number of aromatic nitrogens is 3. The molecule has 0 aliphatic carbocycles. The number of benzene rings is 1. The van der Waals surface area contributed by atoms with E-state index in [-0.39, 0.29) is 11.9 Å². The number of rotatable bonds is 5. The number of aryl methyl sites for hydroxylation is 1. The smallest absolute Gasteiger partial charge is 0.243 e. The average Bonchev–Trinajstić information content (AvgIpc) is 3.32. The summed E-state index contributed by atoms with van der Waals surface area (Å²) in [6, 6.07) is 9.78. The van der Waals surface area contributed by atoms with Crippen LogP contribution in [0.3, 0.4) is 0 Å². The van der Waals surface area contributed by atoms with Gasteiger partial charge in [0.15, 0.2) is 16.6 Å². The number of nitrogens with zero attached hydrogens (tertiary/aromatic N) is 5. The topological polar surface area (TPSA) is 74.2 Å². The normalized spacial score (nSPS) is 16.5. The van der Waals surface area contributed by atoms with Gasteiger partial charge in [-0.1, -0.05) is 41.7 Å². The van der Waals surface area contributed by atoms with Crippen LogP contribution in [0.2, 0.25) is 0 Å². The molecular weight excluding hydrogens is 372 g/mol. The van der Waals surface area contributed by atoms with E-state index in [4.69, 9.17) is 4.98 Å². The van der Waals surface area contributed by atoms with Gasteiger partial charge >= 0.3 is 0 Å². The van der Waals surface area contributed by atoms with Crippen LogP contribution in [0, 0.1) is 6.92 Å². The summed E-state index contributed by atoms with van der Waals surface area (Å²) in [7, 11) is 3.94. The number of hydrogen-bond donors (Lipinski definition) is 1. The highest BCUT2D eigenvalue weighted by Crippen LogP contribution is 2.36. The van der Waals surface area contributed by atoms with Crippen LogP contribution in [0.4, 0.5) is 10.9 Å². The lowest BCUT2D eigenvalue weighted by atomic mass is 10.2. The lowest BCUT2D eigenvalue weighted by Gasteiger charge is -2.23. The van der Waals surface area contributed by atoms with Crippen molar-refractivity contribution < 1.29 is 4.79 Å². The molecule has 3 aromatic rings. The van der Waals surface area contributed by atoms with Crippen molar-refractivity contribution in [3.63, 3.8) is 0 Å². The van der Waals surface area contributed by atoms with Crippen LogP contribution < -0.4 is 15.1 Å². The van der Waals surface area contributed by atoms with Gasteiger partial charge in [-0.2, -0.15) is 4.98 Å². The summed E-state index contributed by atoms with van der Waals surface area (Å²) < 4.78 is 0.959. The van der Waals surface area contributed by atoms with Gasteiger partial charge in [0.1, 0.15) is 16.6 Å². The molecule has 1 fully saturated rings. The first-order valence-electron chi connectivity index (χ1n) is 9.43. The molecule has 0 bridgehead atoms. The number of anilines is 2. The maximum Gasteiger partial charge on any atom is 0.243 e. The second kappa shape index (κ2) is 7.71. The van der Waals surface area contributed by atoms with E-state index >= 15 is 0 Å². The van der Waals surface area contributed by atoms with Crippen molar-refractivity contribution in [2.45, 2.75) is 32.4 Å². The molecule has 1 atom stereocenters. The highest BCUT2D eigenvalue weighted by atomic mass is 32.1. The first-order chi connectivity index (χ1) is 13.5. The Morgan fingerprint density at radius 3 is 2.79 bits per heavy atom. The maximum atomic E-state index is 12.8. The van der Waals surface area contributed by atoms with Gasteiger partial charge in [0.2, 0.25) is 5.91 Å². The van der Waals surface area contributed by atoms with Crippen molar-refractivity contribution in [1.29, 1.82) is 0 Å². The van der Waals surface area contributed by atoms with E-state index < -0.39 is 0 Å². The molecule has 8 heteroatoms. The van der Waals surface area contributed by atoms with Gasteiger partial charge in [-0.15, -0.1) is 0 Å². The summed E-state index contributed by atoms with van der Waals surface area (Å²) >= 11 is 1.56. The zero-order valence-corrected chi connectivity index (χ0v) is 17.2. The summed E-state index contributed by atoms with van der Waals surface area (Å²) in [5, 5.41) is 3.92. The van der Waals surface area contributed by atoms with Crippen LogP contribution in [0.25, 0.3) is 10.3 Å². The van der Waals surface area contributed by atoms with E-state index in [2.05, 4.69) is 20.2 Å². The van der Waals surface area contributed by atoms with E-state index in [0.717, 1.165) is 40.6 Å². The third kappa shape index (κ3) is 3.64. The molecule has 3 heterocycles. The highest BCUT2D eigenvalue weighted by Gasteiger charge is 2.33. The van der Waals surface area contributed by atoms with Crippen molar-refractivity contribution >= 4 is 38.5 Å². The monoisotopic (exact) mass is 396 g/mol. The van der Waals surface area contributed by atoms with Gasteiger partial charge in [0.25, 0.3) is 0 Å². The van der Waals surface area contributed by atoms with Gasteiger partial charge in [0, 0.05) is 27.2 Å². The van der Waals surface area contributed by atoms with E-state index in [0.29, 0.717) is 18.0 Å². The molecule has 1 aromatic carbocycles. The largest absolute Gasteiger partial charge is 0.361 e. The number of nitrogens with one attached hydrogen (secondary N) is 1. The lowest BCUT2D eigenvalue weighted by molar-refractivity contribution is -0.122. The number of hydrogen-bond acceptors (Lipinski definition) is 7. The predicted octanol–water partition coefficient (Wildman–Crippen LogP) is 2.75. The number of thiazole rings is 1. The fourth-order valence-corrected chi connectivity index (χ4v) is 4.65. The Bertz CT molecular complexity index is 987. The van der Waals surface area contributed by atoms with Gasteiger partial charge in [0.05, 0.1) is 0 Å². The molecule has 28 heavy (non-hydrogen) atoms. The molecular formula is C20H24N6OS. The zero-order chi connectivity index (χ0) is 19.7. The molecule has 0 saturated carbocycles. The highest BCUT2D eigenvalue weighted by molar-refractivity contribution is 7.22. The Morgan fingerprint density at radius 1 is 1.25 bits per heavy atom. The predicted molar refractivity (Wildman–Crippen MR) is 113 cm³/mol. The second-order valence-electron chi connectivity index (χ2n) is 7.19. The van der Waals surface area contributed by atoms with E-state index in [1.54, 1.807) is 11.3 Å². The molecule has 0 spiro atoms.